The minimum atomic E-state index is -4.96. The summed E-state index contributed by atoms with van der Waals surface area (Å²) in [5.74, 6) is -2.03. The first-order valence-electron chi connectivity index (χ1n) is 9.19. The Balaban J connectivity index is 2.15. The van der Waals surface area contributed by atoms with E-state index < -0.39 is 47.1 Å². The molecule has 0 amide bonds. The quantitative estimate of drug-likeness (QED) is 0.525. The fourth-order valence-electron chi connectivity index (χ4n) is 3.43. The molecule has 2 aromatic rings. The second-order valence-corrected chi connectivity index (χ2v) is 7.23. The SMILES string of the molecule is CCn1c(C(F)(F)F)cc(=O)n(-c2cc(C(=O)OC3CCCC3)c(Cl)cc2F)c1=O. The number of carbonyl (C=O) groups is 1. The van der Waals surface area contributed by atoms with E-state index in [1.807, 2.05) is 0 Å². The molecule has 11 heteroatoms. The topological polar surface area (TPSA) is 70.3 Å². The molecule has 0 radical (unpaired) electrons. The first kappa shape index (κ1) is 22.1. The Bertz CT molecular complexity index is 1100. The molecule has 30 heavy (non-hydrogen) atoms. The number of alkyl halides is 3. The molecule has 0 saturated heterocycles. The van der Waals surface area contributed by atoms with Gasteiger partial charge in [-0.15, -0.1) is 0 Å². The van der Waals surface area contributed by atoms with Gasteiger partial charge >= 0.3 is 17.8 Å². The number of hydrogen-bond acceptors (Lipinski definition) is 4. The highest BCUT2D eigenvalue weighted by Gasteiger charge is 2.36. The first-order valence-corrected chi connectivity index (χ1v) is 9.56. The van der Waals surface area contributed by atoms with Crippen LogP contribution in [0.5, 0.6) is 0 Å². The average Bonchev–Trinajstić information content (AvgIpc) is 3.15. The van der Waals surface area contributed by atoms with Crippen LogP contribution in [-0.4, -0.2) is 21.2 Å². The molecule has 0 bridgehead atoms. The van der Waals surface area contributed by atoms with Crippen molar-refractivity contribution in [2.45, 2.75) is 51.4 Å². The number of aromatic nitrogens is 2. The van der Waals surface area contributed by atoms with Gasteiger partial charge < -0.3 is 4.74 Å². The van der Waals surface area contributed by atoms with Crippen LogP contribution in [0.1, 0.15) is 48.7 Å². The van der Waals surface area contributed by atoms with Gasteiger partial charge in [-0.25, -0.2) is 18.5 Å². The second kappa shape index (κ2) is 8.25. The van der Waals surface area contributed by atoms with Crippen molar-refractivity contribution < 1.29 is 27.1 Å². The third-order valence-corrected chi connectivity index (χ3v) is 5.19. The molecular weight excluding hydrogens is 432 g/mol. The Kier molecular flexibility index (Phi) is 6.07. The third-order valence-electron chi connectivity index (χ3n) is 4.87. The fraction of sp³-hybridized carbons (Fsp3) is 0.421. The largest absolute Gasteiger partial charge is 0.459 e. The van der Waals surface area contributed by atoms with Crippen LogP contribution in [0.4, 0.5) is 17.6 Å². The highest BCUT2D eigenvalue weighted by Crippen LogP contribution is 2.29. The van der Waals surface area contributed by atoms with Crippen molar-refractivity contribution in [1.82, 2.24) is 9.13 Å². The van der Waals surface area contributed by atoms with Crippen molar-refractivity contribution in [2.24, 2.45) is 0 Å². The van der Waals surface area contributed by atoms with Gasteiger partial charge in [-0.1, -0.05) is 11.6 Å². The smallest absolute Gasteiger partial charge is 0.431 e. The molecule has 0 aliphatic heterocycles. The lowest BCUT2D eigenvalue weighted by atomic mass is 10.1. The summed E-state index contributed by atoms with van der Waals surface area (Å²) in [5, 5.41) is -0.310. The van der Waals surface area contributed by atoms with Gasteiger partial charge in [0.05, 0.1) is 16.3 Å². The van der Waals surface area contributed by atoms with E-state index in [0.29, 0.717) is 23.5 Å². The molecule has 1 fully saturated rings. The van der Waals surface area contributed by atoms with Gasteiger partial charge in [0.15, 0.2) is 0 Å². The maximum Gasteiger partial charge on any atom is 0.431 e. The van der Waals surface area contributed by atoms with E-state index in [9.17, 15) is 31.9 Å². The molecule has 1 aliphatic rings. The second-order valence-electron chi connectivity index (χ2n) is 6.82. The van der Waals surface area contributed by atoms with Crippen LogP contribution >= 0.6 is 11.6 Å². The van der Waals surface area contributed by atoms with Crippen molar-refractivity contribution >= 4 is 17.6 Å². The van der Waals surface area contributed by atoms with Gasteiger partial charge in [0.1, 0.15) is 17.6 Å². The van der Waals surface area contributed by atoms with E-state index in [2.05, 4.69) is 0 Å². The van der Waals surface area contributed by atoms with Crippen molar-refractivity contribution in [1.29, 1.82) is 0 Å². The zero-order valence-corrected chi connectivity index (χ0v) is 16.5. The number of rotatable bonds is 4. The van der Waals surface area contributed by atoms with Crippen LogP contribution < -0.4 is 11.2 Å². The summed E-state index contributed by atoms with van der Waals surface area (Å²) in [4.78, 5) is 37.3. The van der Waals surface area contributed by atoms with Crippen molar-refractivity contribution in [3.8, 4) is 5.69 Å². The summed E-state index contributed by atoms with van der Waals surface area (Å²) in [5.41, 5.74) is -5.23. The Labute approximate surface area is 172 Å². The van der Waals surface area contributed by atoms with Crippen LogP contribution in [0, 0.1) is 5.82 Å². The summed E-state index contributed by atoms with van der Waals surface area (Å²) in [6.45, 7) is 0.855. The minimum absolute atomic E-state index is 0.204. The van der Waals surface area contributed by atoms with E-state index in [0.717, 1.165) is 18.9 Å². The molecule has 1 saturated carbocycles. The summed E-state index contributed by atoms with van der Waals surface area (Å²) < 4.78 is 59.9. The molecular formula is C19H17ClF4N2O4. The van der Waals surface area contributed by atoms with Crippen LogP contribution in [0.2, 0.25) is 5.02 Å². The molecule has 162 valence electrons. The van der Waals surface area contributed by atoms with E-state index in [1.165, 1.54) is 6.92 Å². The predicted octanol–water partition coefficient (Wildman–Crippen LogP) is 3.93. The number of nitrogens with zero attached hydrogens (tertiary/aromatic N) is 2. The van der Waals surface area contributed by atoms with Gasteiger partial charge in [0.2, 0.25) is 0 Å². The molecule has 1 aromatic carbocycles. The number of esters is 1. The normalized spacial score (nSPS) is 14.9. The van der Waals surface area contributed by atoms with E-state index in [4.69, 9.17) is 16.3 Å². The van der Waals surface area contributed by atoms with Gasteiger partial charge in [-0.05, 0) is 44.7 Å². The summed E-state index contributed by atoms with van der Waals surface area (Å²) in [6, 6.07) is 1.75. The van der Waals surface area contributed by atoms with E-state index >= 15 is 0 Å². The minimum Gasteiger partial charge on any atom is -0.459 e. The van der Waals surface area contributed by atoms with Gasteiger partial charge in [-0.2, -0.15) is 13.2 Å². The lowest BCUT2D eigenvalue weighted by Gasteiger charge is -2.17. The highest BCUT2D eigenvalue weighted by molar-refractivity contribution is 6.33. The van der Waals surface area contributed by atoms with Crippen LogP contribution in [0.3, 0.4) is 0 Å². The molecule has 1 aromatic heterocycles. The zero-order chi connectivity index (χ0) is 22.2. The maximum atomic E-state index is 14.5. The van der Waals surface area contributed by atoms with Crippen molar-refractivity contribution in [3.05, 3.63) is 61.1 Å². The summed E-state index contributed by atoms with van der Waals surface area (Å²) in [6.07, 6.45) is -2.18. The molecule has 0 unspecified atom stereocenters. The van der Waals surface area contributed by atoms with Gasteiger partial charge in [-0.3, -0.25) is 9.36 Å². The predicted molar refractivity (Wildman–Crippen MR) is 99.6 cm³/mol. The molecule has 1 aliphatic carbocycles. The Morgan fingerprint density at radius 3 is 2.40 bits per heavy atom. The van der Waals surface area contributed by atoms with E-state index in [1.54, 1.807) is 0 Å². The Morgan fingerprint density at radius 1 is 1.20 bits per heavy atom. The van der Waals surface area contributed by atoms with Crippen LogP contribution in [0.15, 0.2) is 27.8 Å². The van der Waals surface area contributed by atoms with Gasteiger partial charge in [0.25, 0.3) is 5.56 Å². The molecule has 3 rings (SSSR count). The molecule has 1 heterocycles. The van der Waals surface area contributed by atoms with Crippen LogP contribution in [0.25, 0.3) is 5.69 Å². The number of hydrogen-bond donors (Lipinski definition) is 0. The average molecular weight is 449 g/mol. The Hall–Kier alpha value is -2.62. The Morgan fingerprint density at radius 2 is 1.83 bits per heavy atom. The fourth-order valence-corrected chi connectivity index (χ4v) is 3.65. The van der Waals surface area contributed by atoms with Crippen LogP contribution in [-0.2, 0) is 17.5 Å². The maximum absolute atomic E-state index is 14.5. The number of carbonyl (C=O) groups excluding carboxylic acids is 1. The molecule has 6 nitrogen and oxygen atoms in total. The zero-order valence-electron chi connectivity index (χ0n) is 15.8. The van der Waals surface area contributed by atoms with E-state index in [-0.39, 0.29) is 27.3 Å². The number of halogens is 5. The first-order chi connectivity index (χ1) is 14.0. The monoisotopic (exact) mass is 448 g/mol. The standard InChI is InChI=1S/C19H17ClF4N2O4/c1-2-25-15(19(22,23)24)9-16(27)26(18(25)29)14-7-11(12(20)8-13(14)21)17(28)30-10-5-3-4-6-10/h7-10H,2-6H2,1H3. The summed E-state index contributed by atoms with van der Waals surface area (Å²) >= 11 is 5.93. The lowest BCUT2D eigenvalue weighted by Crippen LogP contribution is -2.42. The third kappa shape index (κ3) is 4.14. The van der Waals surface area contributed by atoms with Crippen molar-refractivity contribution in [2.75, 3.05) is 0 Å². The molecule has 0 atom stereocenters. The molecule has 0 N–H and O–H groups in total. The van der Waals surface area contributed by atoms with Crippen molar-refractivity contribution in [3.63, 3.8) is 0 Å². The number of benzene rings is 1. The molecule has 0 spiro atoms. The number of ether oxygens (including phenoxy) is 1. The highest BCUT2D eigenvalue weighted by atomic mass is 35.5. The lowest BCUT2D eigenvalue weighted by molar-refractivity contribution is -0.144. The summed E-state index contributed by atoms with van der Waals surface area (Å²) in [7, 11) is 0. The van der Waals surface area contributed by atoms with Gasteiger partial charge in [0, 0.05) is 12.6 Å².